The van der Waals surface area contributed by atoms with Gasteiger partial charge in [0, 0.05) is 27.3 Å². The van der Waals surface area contributed by atoms with E-state index in [4.69, 9.17) is 9.47 Å². The van der Waals surface area contributed by atoms with Crippen LogP contribution in [-0.4, -0.2) is 20.4 Å². The van der Waals surface area contributed by atoms with E-state index in [9.17, 15) is 9.59 Å². The fourth-order valence-electron chi connectivity index (χ4n) is 6.35. The highest BCUT2D eigenvalue weighted by molar-refractivity contribution is 5.94. The molecule has 2 N–H and O–H groups in total. The van der Waals surface area contributed by atoms with Crippen LogP contribution in [0.2, 0.25) is 0 Å². The molecule has 0 bridgehead atoms. The van der Waals surface area contributed by atoms with E-state index in [1.165, 1.54) is 0 Å². The minimum Gasteiger partial charge on any atom is -0.457 e. The van der Waals surface area contributed by atoms with Gasteiger partial charge in [0.05, 0.1) is 22.2 Å². The molecule has 2 aromatic heterocycles. The lowest BCUT2D eigenvalue weighted by atomic mass is 9.78. The Hall–Kier alpha value is -6.80. The minimum atomic E-state index is -0.265. The number of H-pyrrole nitrogens is 2. The van der Waals surface area contributed by atoms with E-state index in [1.54, 1.807) is 12.1 Å². The molecule has 8 nitrogen and oxygen atoms in total. The molecule has 0 unspecified atom stereocenters. The number of ether oxygens (including phenoxy) is 2. The van der Waals surface area contributed by atoms with Crippen molar-refractivity contribution < 1.29 is 9.47 Å². The van der Waals surface area contributed by atoms with Gasteiger partial charge < -0.3 is 9.47 Å². The van der Waals surface area contributed by atoms with Crippen molar-refractivity contribution in [1.29, 1.82) is 0 Å². The van der Waals surface area contributed by atoms with E-state index < -0.39 is 0 Å². The van der Waals surface area contributed by atoms with Gasteiger partial charge in [0.2, 0.25) is 0 Å². The van der Waals surface area contributed by atoms with E-state index in [0.717, 1.165) is 44.5 Å². The number of aromatic amines is 2. The van der Waals surface area contributed by atoms with E-state index in [0.29, 0.717) is 33.7 Å². The molecule has 0 aliphatic carbocycles. The maximum Gasteiger partial charge on any atom is 0.272 e. The van der Waals surface area contributed by atoms with Crippen molar-refractivity contribution in [2.75, 3.05) is 0 Å². The SMILES string of the molecule is CC(C)(c1ccc(Oc2ccc(-c3n[nH]c(=O)c4ccccc34)cc2)cc1)c1ccc(Oc2ccc(-c3n[nH]c(=O)c4ccccc34)cc2)cc1. The van der Waals surface area contributed by atoms with Crippen LogP contribution in [0.5, 0.6) is 23.0 Å². The summed E-state index contributed by atoms with van der Waals surface area (Å²) in [6.07, 6.45) is 0. The first-order valence-electron chi connectivity index (χ1n) is 16.6. The van der Waals surface area contributed by atoms with Crippen molar-refractivity contribution >= 4 is 21.5 Å². The molecule has 51 heavy (non-hydrogen) atoms. The van der Waals surface area contributed by atoms with Crippen LogP contribution < -0.4 is 20.6 Å². The first kappa shape index (κ1) is 31.5. The quantitative estimate of drug-likeness (QED) is 0.167. The summed E-state index contributed by atoms with van der Waals surface area (Å²) < 4.78 is 12.3. The number of nitrogens with one attached hydrogen (secondary N) is 2. The van der Waals surface area contributed by atoms with Crippen LogP contribution in [0.3, 0.4) is 0 Å². The summed E-state index contributed by atoms with van der Waals surface area (Å²) in [5.41, 5.74) is 4.82. The molecule has 0 spiro atoms. The van der Waals surface area contributed by atoms with Gasteiger partial charge in [0.25, 0.3) is 11.1 Å². The number of nitrogens with zero attached hydrogens (tertiary/aromatic N) is 2. The van der Waals surface area contributed by atoms with Crippen LogP contribution in [0.15, 0.2) is 155 Å². The molecule has 0 aliphatic heterocycles. The zero-order valence-corrected chi connectivity index (χ0v) is 27.9. The molecular weight excluding hydrogens is 636 g/mol. The van der Waals surface area contributed by atoms with Crippen molar-refractivity contribution in [3.8, 4) is 45.5 Å². The molecule has 0 aliphatic rings. The Kier molecular flexibility index (Phi) is 7.96. The minimum absolute atomic E-state index is 0.206. The zero-order chi connectivity index (χ0) is 35.0. The van der Waals surface area contributed by atoms with Crippen molar-refractivity contribution in [1.82, 2.24) is 20.4 Å². The molecule has 0 saturated heterocycles. The first-order valence-corrected chi connectivity index (χ1v) is 16.6. The lowest BCUT2D eigenvalue weighted by molar-refractivity contribution is 0.481. The van der Waals surface area contributed by atoms with Gasteiger partial charge in [0.15, 0.2) is 0 Å². The van der Waals surface area contributed by atoms with Gasteiger partial charge in [-0.3, -0.25) is 9.59 Å². The fourth-order valence-corrected chi connectivity index (χ4v) is 6.35. The normalized spacial score (nSPS) is 11.5. The van der Waals surface area contributed by atoms with Crippen molar-refractivity contribution in [2.24, 2.45) is 0 Å². The van der Waals surface area contributed by atoms with Crippen LogP contribution in [0.25, 0.3) is 44.1 Å². The molecule has 8 rings (SSSR count). The first-order chi connectivity index (χ1) is 24.8. The van der Waals surface area contributed by atoms with E-state index in [2.05, 4.69) is 58.5 Å². The second-order valence-electron chi connectivity index (χ2n) is 12.8. The Balaban J connectivity index is 0.927. The lowest BCUT2D eigenvalue weighted by Crippen LogP contribution is -2.18. The molecule has 0 amide bonds. The van der Waals surface area contributed by atoms with E-state index in [1.807, 2.05) is 109 Å². The highest BCUT2D eigenvalue weighted by atomic mass is 16.5. The molecule has 8 aromatic rings. The fraction of sp³-hybridized carbons (Fsp3) is 0.0698. The lowest BCUT2D eigenvalue weighted by Gasteiger charge is -2.26. The zero-order valence-electron chi connectivity index (χ0n) is 27.9. The molecule has 8 heteroatoms. The Morgan fingerprint density at radius 2 is 0.745 bits per heavy atom. The van der Waals surface area contributed by atoms with Crippen molar-refractivity contribution in [3.05, 3.63) is 177 Å². The molecule has 0 saturated carbocycles. The van der Waals surface area contributed by atoms with Crippen molar-refractivity contribution in [2.45, 2.75) is 19.3 Å². The topological polar surface area (TPSA) is 110 Å². The Bertz CT molecular complexity index is 2440. The third kappa shape index (κ3) is 6.15. The second kappa shape index (κ2) is 12.9. The summed E-state index contributed by atoms with van der Waals surface area (Å²) in [5.74, 6) is 2.86. The van der Waals surface area contributed by atoms with Gasteiger partial charge in [0.1, 0.15) is 23.0 Å². The summed E-state index contributed by atoms with van der Waals surface area (Å²) in [6.45, 7) is 4.39. The third-order valence-electron chi connectivity index (χ3n) is 9.27. The predicted molar refractivity (Wildman–Crippen MR) is 201 cm³/mol. The molecule has 0 atom stereocenters. The van der Waals surface area contributed by atoms with Gasteiger partial charge in [-0.1, -0.05) is 74.5 Å². The van der Waals surface area contributed by atoms with Gasteiger partial charge in [-0.15, -0.1) is 0 Å². The third-order valence-corrected chi connectivity index (χ3v) is 9.27. The average Bonchev–Trinajstić information content (AvgIpc) is 3.17. The summed E-state index contributed by atoms with van der Waals surface area (Å²) in [6, 6.07) is 46.5. The summed E-state index contributed by atoms with van der Waals surface area (Å²) in [7, 11) is 0. The molecular formula is C43H32N4O4. The van der Waals surface area contributed by atoms with E-state index >= 15 is 0 Å². The number of benzene rings is 6. The number of rotatable bonds is 8. The number of fused-ring (bicyclic) bond motifs is 2. The van der Waals surface area contributed by atoms with Gasteiger partial charge in [-0.25, -0.2) is 10.2 Å². The monoisotopic (exact) mass is 668 g/mol. The summed E-state index contributed by atoms with van der Waals surface area (Å²) >= 11 is 0. The Morgan fingerprint density at radius 1 is 0.431 bits per heavy atom. The standard InChI is InChI=1S/C43H32N4O4/c1-43(2,29-15-23-33(24-16-29)50-31-19-11-27(12-20-31)39-35-7-3-5-9-37(35)41(48)46-44-39)30-17-25-34(26-18-30)51-32-21-13-28(14-22-32)40-36-8-4-6-10-38(36)42(49)47-45-40/h3-26H,1-2H3,(H,46,48)(H,47,49). The average molecular weight is 669 g/mol. The number of hydrogen-bond acceptors (Lipinski definition) is 6. The molecule has 2 heterocycles. The van der Waals surface area contributed by atoms with E-state index in [-0.39, 0.29) is 16.5 Å². The smallest absolute Gasteiger partial charge is 0.272 e. The van der Waals surface area contributed by atoms with Crippen LogP contribution in [-0.2, 0) is 5.41 Å². The molecule has 248 valence electrons. The van der Waals surface area contributed by atoms with Crippen LogP contribution >= 0.6 is 0 Å². The van der Waals surface area contributed by atoms with Gasteiger partial charge in [-0.05, 0) is 96.1 Å². The number of aromatic nitrogens is 4. The van der Waals surface area contributed by atoms with Gasteiger partial charge >= 0.3 is 0 Å². The Labute approximate surface area is 293 Å². The van der Waals surface area contributed by atoms with Crippen LogP contribution in [0.4, 0.5) is 0 Å². The largest absolute Gasteiger partial charge is 0.457 e. The summed E-state index contributed by atoms with van der Waals surface area (Å²) in [4.78, 5) is 24.4. The van der Waals surface area contributed by atoms with Crippen molar-refractivity contribution in [3.63, 3.8) is 0 Å². The molecule has 0 radical (unpaired) electrons. The van der Waals surface area contributed by atoms with Crippen LogP contribution in [0.1, 0.15) is 25.0 Å². The van der Waals surface area contributed by atoms with Crippen LogP contribution in [0, 0.1) is 0 Å². The molecule has 0 fully saturated rings. The van der Waals surface area contributed by atoms with Gasteiger partial charge in [-0.2, -0.15) is 10.2 Å². The summed E-state index contributed by atoms with van der Waals surface area (Å²) in [5, 5.41) is 16.6. The number of hydrogen-bond donors (Lipinski definition) is 2. The predicted octanol–water partition coefficient (Wildman–Crippen LogP) is 9.40. The Morgan fingerprint density at radius 3 is 1.10 bits per heavy atom. The highest BCUT2D eigenvalue weighted by Gasteiger charge is 2.23. The second-order valence-corrected chi connectivity index (χ2v) is 12.8. The highest BCUT2D eigenvalue weighted by Crippen LogP contribution is 2.35. The maximum absolute atomic E-state index is 12.2. The molecule has 6 aromatic carbocycles. The maximum atomic E-state index is 12.2.